The maximum absolute atomic E-state index is 13.8. The number of carbonyl (C=O) groups excluding carboxylic acids is 3. The van der Waals surface area contributed by atoms with Gasteiger partial charge in [0.25, 0.3) is 0 Å². The number of nitrogens with zero attached hydrogens (tertiary/aromatic N) is 1. The van der Waals surface area contributed by atoms with Crippen LogP contribution in [0.3, 0.4) is 0 Å². The van der Waals surface area contributed by atoms with E-state index in [1.165, 1.54) is 0 Å². The molecular formula is C23H37BrN2O5S. The van der Waals surface area contributed by atoms with Crippen molar-refractivity contribution >= 4 is 45.5 Å². The monoisotopic (exact) mass is 532 g/mol. The fraction of sp³-hybridized carbons (Fsp3) is 0.870. The third-order valence-corrected chi connectivity index (χ3v) is 9.81. The average Bonchev–Trinajstić information content (AvgIpc) is 3.21. The normalized spacial score (nSPS) is 34.1. The van der Waals surface area contributed by atoms with Crippen molar-refractivity contribution in [2.75, 3.05) is 19.8 Å². The fourth-order valence-electron chi connectivity index (χ4n) is 6.19. The molecule has 32 heavy (non-hydrogen) atoms. The van der Waals surface area contributed by atoms with Crippen LogP contribution >= 0.6 is 27.7 Å². The first-order valence-corrected chi connectivity index (χ1v) is 13.3. The van der Waals surface area contributed by atoms with Crippen LogP contribution in [0.4, 0.5) is 0 Å². The topological polar surface area (TPSA) is 95.9 Å². The molecule has 1 spiro atoms. The Morgan fingerprint density at radius 3 is 2.53 bits per heavy atom. The van der Waals surface area contributed by atoms with Crippen molar-refractivity contribution in [1.82, 2.24) is 10.2 Å². The molecule has 0 radical (unpaired) electrons. The zero-order chi connectivity index (χ0) is 24.1. The molecule has 2 N–H and O–H groups in total. The van der Waals surface area contributed by atoms with E-state index in [1.807, 2.05) is 13.8 Å². The van der Waals surface area contributed by atoms with Gasteiger partial charge in [0, 0.05) is 28.8 Å². The number of thioether (sulfide) groups is 1. The second-order valence-electron chi connectivity index (χ2n) is 11.1. The molecule has 0 saturated carbocycles. The van der Waals surface area contributed by atoms with E-state index in [2.05, 4.69) is 42.0 Å². The highest BCUT2D eigenvalue weighted by Crippen LogP contribution is 2.67. The van der Waals surface area contributed by atoms with Gasteiger partial charge in [0.2, 0.25) is 11.8 Å². The Labute approximate surface area is 203 Å². The molecule has 3 saturated heterocycles. The zero-order valence-corrected chi connectivity index (χ0v) is 22.3. The van der Waals surface area contributed by atoms with E-state index in [9.17, 15) is 19.5 Å². The van der Waals surface area contributed by atoms with Gasteiger partial charge in [-0.2, -0.15) is 0 Å². The summed E-state index contributed by atoms with van der Waals surface area (Å²) in [4.78, 5) is 42.0. The van der Waals surface area contributed by atoms with Crippen molar-refractivity contribution in [1.29, 1.82) is 0 Å². The number of nitrogens with one attached hydrogen (secondary N) is 1. The van der Waals surface area contributed by atoms with Crippen molar-refractivity contribution in [3.63, 3.8) is 0 Å². The van der Waals surface area contributed by atoms with Crippen molar-refractivity contribution in [3.05, 3.63) is 0 Å². The lowest BCUT2D eigenvalue weighted by molar-refractivity contribution is -0.153. The number of hydrogen-bond donors (Lipinski definition) is 2. The molecule has 6 atom stereocenters. The highest BCUT2D eigenvalue weighted by molar-refractivity contribution is 9.09. The van der Waals surface area contributed by atoms with E-state index >= 15 is 0 Å². The van der Waals surface area contributed by atoms with Crippen molar-refractivity contribution in [2.24, 2.45) is 17.3 Å². The fourth-order valence-corrected chi connectivity index (χ4v) is 9.79. The molecule has 3 fully saturated rings. The number of fused-ring (bicyclic) bond motifs is 1. The summed E-state index contributed by atoms with van der Waals surface area (Å²) in [5.74, 6) is -1.84. The number of carbonyl (C=O) groups is 3. The number of ether oxygens (including phenoxy) is 1. The van der Waals surface area contributed by atoms with Gasteiger partial charge >= 0.3 is 5.97 Å². The van der Waals surface area contributed by atoms with E-state index < -0.39 is 28.2 Å². The number of aliphatic hydroxyl groups excluding tert-OH is 1. The first kappa shape index (κ1) is 25.8. The third kappa shape index (κ3) is 4.58. The van der Waals surface area contributed by atoms with Gasteiger partial charge in [-0.25, -0.2) is 0 Å². The Morgan fingerprint density at radius 2 is 1.97 bits per heavy atom. The number of likely N-dealkylation sites (tertiary alicyclic amines) is 1. The number of alkyl halides is 1. The number of aliphatic hydroxyl groups is 1. The zero-order valence-electron chi connectivity index (χ0n) is 19.9. The molecule has 0 aromatic rings. The van der Waals surface area contributed by atoms with Crippen LogP contribution in [0.15, 0.2) is 0 Å². The Bertz CT molecular complexity index is 770. The second-order valence-corrected chi connectivity index (χ2v) is 13.9. The molecule has 3 unspecified atom stereocenters. The molecule has 182 valence electrons. The van der Waals surface area contributed by atoms with Gasteiger partial charge in [-0.3, -0.25) is 14.4 Å². The van der Waals surface area contributed by atoms with Crippen molar-refractivity contribution < 1.29 is 24.2 Å². The lowest BCUT2D eigenvalue weighted by Crippen LogP contribution is -2.58. The lowest BCUT2D eigenvalue weighted by atomic mass is 9.71. The van der Waals surface area contributed by atoms with Crippen LogP contribution in [0, 0.1) is 17.3 Å². The summed E-state index contributed by atoms with van der Waals surface area (Å²) in [6.07, 6.45) is 1.81. The van der Waals surface area contributed by atoms with Crippen LogP contribution in [0.2, 0.25) is 0 Å². The standard InChI is InChI=1S/C23H37BrN2O5S/c1-7-31-20(30)14-15-19(29)26(9-8-10-27)17(23(15)11-13(24)16(14)32-23)18(28)25-22(5,6)12-21(2,3)4/h13-17,27H,7-12H2,1-6H3,(H,25,28)/t13?,14-,15-,16-,17?,23?/m0/s1. The molecule has 3 heterocycles. The SMILES string of the molecule is CCOC(=O)[C@H]1[C@H]2C(=O)N(CCCO)C(C(=O)NC(C)(C)CC(C)(C)C)C23CC(Br)[C@@H]1S3. The van der Waals surface area contributed by atoms with Gasteiger partial charge in [0.15, 0.2) is 0 Å². The molecule has 0 aliphatic carbocycles. The predicted molar refractivity (Wildman–Crippen MR) is 129 cm³/mol. The number of amides is 2. The van der Waals surface area contributed by atoms with E-state index in [1.54, 1.807) is 23.6 Å². The number of rotatable bonds is 8. The lowest BCUT2D eigenvalue weighted by Gasteiger charge is -2.39. The maximum Gasteiger partial charge on any atom is 0.310 e. The van der Waals surface area contributed by atoms with Gasteiger partial charge in [0.05, 0.1) is 23.2 Å². The highest BCUT2D eigenvalue weighted by Gasteiger charge is 2.75. The first-order valence-electron chi connectivity index (χ1n) is 11.5. The van der Waals surface area contributed by atoms with E-state index in [0.29, 0.717) is 19.4 Å². The quantitative estimate of drug-likeness (QED) is 0.368. The molecular weight excluding hydrogens is 496 g/mol. The average molecular weight is 534 g/mol. The van der Waals surface area contributed by atoms with Crippen molar-refractivity contribution in [3.8, 4) is 0 Å². The van der Waals surface area contributed by atoms with Crippen LogP contribution in [0.5, 0.6) is 0 Å². The summed E-state index contributed by atoms with van der Waals surface area (Å²) < 4.78 is 4.67. The van der Waals surface area contributed by atoms with Gasteiger partial charge in [-0.05, 0) is 45.4 Å². The third-order valence-electron chi connectivity index (χ3n) is 6.59. The highest BCUT2D eigenvalue weighted by atomic mass is 79.9. The van der Waals surface area contributed by atoms with Crippen LogP contribution in [-0.4, -0.2) is 74.0 Å². The summed E-state index contributed by atoms with van der Waals surface area (Å²) in [5, 5.41) is 12.5. The van der Waals surface area contributed by atoms with Gasteiger partial charge in [0.1, 0.15) is 6.04 Å². The minimum atomic E-state index is -0.680. The summed E-state index contributed by atoms with van der Waals surface area (Å²) >= 11 is 5.33. The van der Waals surface area contributed by atoms with Crippen LogP contribution in [0.25, 0.3) is 0 Å². The van der Waals surface area contributed by atoms with Gasteiger partial charge in [-0.15, -0.1) is 11.8 Å². The molecule has 3 aliphatic rings. The van der Waals surface area contributed by atoms with Gasteiger partial charge < -0.3 is 20.1 Å². The molecule has 9 heteroatoms. The van der Waals surface area contributed by atoms with Crippen molar-refractivity contribution in [2.45, 2.75) is 87.2 Å². The number of esters is 1. The van der Waals surface area contributed by atoms with Crippen LogP contribution in [-0.2, 0) is 19.1 Å². The smallest absolute Gasteiger partial charge is 0.310 e. The molecule has 0 aromatic heterocycles. The van der Waals surface area contributed by atoms with Crippen LogP contribution in [0.1, 0.15) is 60.8 Å². The van der Waals surface area contributed by atoms with E-state index in [4.69, 9.17) is 4.74 Å². The largest absolute Gasteiger partial charge is 0.466 e. The summed E-state index contributed by atoms with van der Waals surface area (Å²) in [7, 11) is 0. The Hall–Kier alpha value is -0.800. The Kier molecular flexibility index (Phi) is 7.34. The summed E-state index contributed by atoms with van der Waals surface area (Å²) in [5.41, 5.74) is -0.429. The molecule has 2 bridgehead atoms. The number of hydrogen-bond acceptors (Lipinski definition) is 6. The molecule has 3 rings (SSSR count). The van der Waals surface area contributed by atoms with E-state index in [-0.39, 0.29) is 46.5 Å². The molecule has 2 amide bonds. The minimum Gasteiger partial charge on any atom is -0.466 e. The predicted octanol–water partition coefficient (Wildman–Crippen LogP) is 2.73. The second kappa shape index (κ2) is 9.10. The molecule has 3 aliphatic heterocycles. The summed E-state index contributed by atoms with van der Waals surface area (Å²) in [6, 6.07) is -0.680. The minimum absolute atomic E-state index is 0.0240. The molecule has 7 nitrogen and oxygen atoms in total. The maximum atomic E-state index is 13.8. The van der Waals surface area contributed by atoms with Gasteiger partial charge in [-0.1, -0.05) is 36.7 Å². The Balaban J connectivity index is 1.97. The van der Waals surface area contributed by atoms with E-state index in [0.717, 1.165) is 6.42 Å². The molecule has 0 aromatic carbocycles. The summed E-state index contributed by atoms with van der Waals surface area (Å²) in [6.45, 7) is 12.7. The number of halogens is 1. The Morgan fingerprint density at radius 1 is 1.31 bits per heavy atom. The first-order chi connectivity index (χ1) is 14.8. The van der Waals surface area contributed by atoms with Crippen LogP contribution < -0.4 is 5.32 Å².